The van der Waals surface area contributed by atoms with E-state index in [-0.39, 0.29) is 12.4 Å². The molecule has 0 saturated carbocycles. The van der Waals surface area contributed by atoms with Gasteiger partial charge in [0.15, 0.2) is 5.16 Å². The molecule has 122 valence electrons. The van der Waals surface area contributed by atoms with Crippen molar-refractivity contribution in [3.63, 3.8) is 0 Å². The maximum Gasteiger partial charge on any atom is 0.191 e. The summed E-state index contributed by atoms with van der Waals surface area (Å²) in [5.74, 6) is 4.04. The number of nitrogens with one attached hydrogen (secondary N) is 2. The molecule has 2 N–H and O–H groups in total. The number of aromatic nitrogens is 6. The molecule has 3 heterocycles. The Hall–Kier alpha value is -1.12. The number of hydrogen-bond acceptors (Lipinski definition) is 6. The summed E-state index contributed by atoms with van der Waals surface area (Å²) in [4.78, 5) is 4.42. The highest BCUT2D eigenvalue weighted by Gasteiger charge is 2.21. The fourth-order valence-corrected chi connectivity index (χ4v) is 3.35. The molecule has 0 aromatic carbocycles. The average Bonchev–Trinajstić information content (AvgIpc) is 3.13. The van der Waals surface area contributed by atoms with Gasteiger partial charge in [0.1, 0.15) is 17.5 Å². The third kappa shape index (κ3) is 3.80. The molecule has 1 aliphatic rings. The minimum Gasteiger partial charge on any atom is -0.316 e. The highest BCUT2D eigenvalue weighted by molar-refractivity contribution is 7.98. The van der Waals surface area contributed by atoms with E-state index < -0.39 is 0 Å². The van der Waals surface area contributed by atoms with Crippen LogP contribution in [0.5, 0.6) is 0 Å². The fraction of sp³-hybridized carbons (Fsp3) is 0.692. The van der Waals surface area contributed by atoms with Crippen LogP contribution in [-0.2, 0) is 19.2 Å². The SMILES string of the molecule is CCc1n[nH]c(CSc2nnc(C3CCCNC3)n2C)n1.Cl. The van der Waals surface area contributed by atoms with Crippen LogP contribution in [0.1, 0.15) is 43.2 Å². The standard InChI is InChI=1S/C13H21N7S.ClH/c1-3-10-15-11(17-16-10)8-21-13-19-18-12(20(13)2)9-5-4-6-14-7-9;/h9,14H,3-8H2,1-2H3,(H,15,16,17);1H. The summed E-state index contributed by atoms with van der Waals surface area (Å²) in [6.07, 6.45) is 3.24. The van der Waals surface area contributed by atoms with Gasteiger partial charge in [-0.15, -0.1) is 22.6 Å². The van der Waals surface area contributed by atoms with Crippen LogP contribution in [0.15, 0.2) is 5.16 Å². The summed E-state index contributed by atoms with van der Waals surface area (Å²) in [6, 6.07) is 0. The van der Waals surface area contributed by atoms with Crippen molar-refractivity contribution in [3.05, 3.63) is 17.5 Å². The minimum absolute atomic E-state index is 0. The number of H-pyrrole nitrogens is 1. The van der Waals surface area contributed by atoms with Gasteiger partial charge in [-0.1, -0.05) is 18.7 Å². The van der Waals surface area contributed by atoms with E-state index in [1.54, 1.807) is 11.8 Å². The number of nitrogens with zero attached hydrogens (tertiary/aromatic N) is 5. The van der Waals surface area contributed by atoms with Gasteiger partial charge in [-0.2, -0.15) is 5.10 Å². The summed E-state index contributed by atoms with van der Waals surface area (Å²) >= 11 is 1.64. The molecule has 0 amide bonds. The quantitative estimate of drug-likeness (QED) is 0.803. The van der Waals surface area contributed by atoms with Crippen molar-refractivity contribution in [2.45, 2.75) is 43.0 Å². The number of halogens is 1. The summed E-state index contributed by atoms with van der Waals surface area (Å²) in [6.45, 7) is 4.16. The monoisotopic (exact) mass is 343 g/mol. The molecule has 1 fully saturated rings. The Morgan fingerprint density at radius 3 is 2.91 bits per heavy atom. The van der Waals surface area contributed by atoms with Crippen molar-refractivity contribution in [2.24, 2.45) is 7.05 Å². The van der Waals surface area contributed by atoms with Gasteiger partial charge in [-0.05, 0) is 19.4 Å². The molecule has 2 aromatic rings. The predicted octanol–water partition coefficient (Wildman–Crippen LogP) is 1.68. The van der Waals surface area contributed by atoms with Crippen molar-refractivity contribution < 1.29 is 0 Å². The van der Waals surface area contributed by atoms with Crippen LogP contribution in [0.2, 0.25) is 0 Å². The number of hydrogen-bond donors (Lipinski definition) is 2. The second kappa shape index (κ2) is 7.94. The zero-order valence-electron chi connectivity index (χ0n) is 12.9. The Morgan fingerprint density at radius 1 is 1.36 bits per heavy atom. The van der Waals surface area contributed by atoms with Crippen LogP contribution in [0.3, 0.4) is 0 Å². The lowest BCUT2D eigenvalue weighted by Crippen LogP contribution is -2.29. The summed E-state index contributed by atoms with van der Waals surface area (Å²) < 4.78 is 2.11. The lowest BCUT2D eigenvalue weighted by Gasteiger charge is -2.21. The molecule has 1 aliphatic heterocycles. The molecule has 0 radical (unpaired) electrons. The summed E-state index contributed by atoms with van der Waals surface area (Å²) in [7, 11) is 2.05. The van der Waals surface area contributed by atoms with E-state index in [1.807, 2.05) is 14.0 Å². The zero-order chi connectivity index (χ0) is 14.7. The molecule has 1 unspecified atom stereocenters. The first-order valence-corrected chi connectivity index (χ1v) is 8.39. The predicted molar refractivity (Wildman–Crippen MR) is 88.4 cm³/mol. The summed E-state index contributed by atoms with van der Waals surface area (Å²) in [5.41, 5.74) is 0. The van der Waals surface area contributed by atoms with Gasteiger partial charge >= 0.3 is 0 Å². The normalized spacial score (nSPS) is 18.2. The second-order valence-corrected chi connectivity index (χ2v) is 6.23. The van der Waals surface area contributed by atoms with E-state index in [1.165, 1.54) is 12.8 Å². The Kier molecular flexibility index (Phi) is 6.22. The van der Waals surface area contributed by atoms with E-state index in [4.69, 9.17) is 0 Å². The van der Waals surface area contributed by atoms with Gasteiger partial charge in [0, 0.05) is 25.9 Å². The molecule has 9 heteroatoms. The molecule has 1 saturated heterocycles. The van der Waals surface area contributed by atoms with Crippen LogP contribution in [0.25, 0.3) is 0 Å². The van der Waals surface area contributed by atoms with Crippen molar-refractivity contribution in [1.29, 1.82) is 0 Å². The smallest absolute Gasteiger partial charge is 0.191 e. The molecule has 3 rings (SSSR count). The lowest BCUT2D eigenvalue weighted by molar-refractivity contribution is 0.436. The highest BCUT2D eigenvalue weighted by Crippen LogP contribution is 2.25. The molecule has 0 aliphatic carbocycles. The number of aryl methyl sites for hydroxylation is 1. The van der Waals surface area contributed by atoms with Crippen molar-refractivity contribution in [2.75, 3.05) is 13.1 Å². The average molecular weight is 344 g/mol. The van der Waals surface area contributed by atoms with Crippen LogP contribution >= 0.6 is 24.2 Å². The van der Waals surface area contributed by atoms with Gasteiger partial charge in [-0.3, -0.25) is 5.10 Å². The van der Waals surface area contributed by atoms with Gasteiger partial charge < -0.3 is 9.88 Å². The van der Waals surface area contributed by atoms with E-state index in [9.17, 15) is 0 Å². The molecule has 0 spiro atoms. The Labute approximate surface area is 140 Å². The molecule has 2 aromatic heterocycles. The first-order chi connectivity index (χ1) is 10.3. The van der Waals surface area contributed by atoms with Crippen molar-refractivity contribution in [3.8, 4) is 0 Å². The van der Waals surface area contributed by atoms with Gasteiger partial charge in [-0.25, -0.2) is 4.98 Å². The van der Waals surface area contributed by atoms with Crippen LogP contribution < -0.4 is 5.32 Å². The molecule has 22 heavy (non-hydrogen) atoms. The Bertz CT molecular complexity index is 591. The van der Waals surface area contributed by atoms with Gasteiger partial charge in [0.25, 0.3) is 0 Å². The van der Waals surface area contributed by atoms with Crippen LogP contribution in [-0.4, -0.2) is 43.0 Å². The maximum absolute atomic E-state index is 4.42. The topological polar surface area (TPSA) is 84.3 Å². The fourth-order valence-electron chi connectivity index (χ4n) is 2.57. The van der Waals surface area contributed by atoms with E-state index >= 15 is 0 Å². The zero-order valence-corrected chi connectivity index (χ0v) is 14.5. The van der Waals surface area contributed by atoms with E-state index in [0.717, 1.165) is 47.9 Å². The first kappa shape index (κ1) is 17.2. The summed E-state index contributed by atoms with van der Waals surface area (Å²) in [5, 5.41) is 20.2. The highest BCUT2D eigenvalue weighted by atomic mass is 35.5. The maximum atomic E-state index is 4.42. The molecule has 1 atom stereocenters. The number of piperidine rings is 1. The first-order valence-electron chi connectivity index (χ1n) is 7.41. The van der Waals surface area contributed by atoms with Gasteiger partial charge in [0.05, 0.1) is 5.75 Å². The van der Waals surface area contributed by atoms with Crippen LogP contribution in [0.4, 0.5) is 0 Å². The minimum atomic E-state index is 0. The second-order valence-electron chi connectivity index (χ2n) is 5.28. The van der Waals surface area contributed by atoms with E-state index in [0.29, 0.717) is 5.92 Å². The van der Waals surface area contributed by atoms with Crippen molar-refractivity contribution in [1.82, 2.24) is 35.3 Å². The molecular weight excluding hydrogens is 322 g/mol. The Morgan fingerprint density at radius 2 is 2.23 bits per heavy atom. The largest absolute Gasteiger partial charge is 0.316 e. The number of aromatic amines is 1. The van der Waals surface area contributed by atoms with Gasteiger partial charge in [0.2, 0.25) is 0 Å². The lowest BCUT2D eigenvalue weighted by atomic mass is 9.99. The third-order valence-corrected chi connectivity index (χ3v) is 4.79. The number of thioether (sulfide) groups is 1. The Balaban J connectivity index is 0.00000176. The van der Waals surface area contributed by atoms with Crippen molar-refractivity contribution >= 4 is 24.2 Å². The molecule has 7 nitrogen and oxygen atoms in total. The van der Waals surface area contributed by atoms with Crippen LogP contribution in [0, 0.1) is 0 Å². The molecule has 0 bridgehead atoms. The third-order valence-electron chi connectivity index (χ3n) is 3.76. The molecular formula is C13H22ClN7S. The van der Waals surface area contributed by atoms with E-state index in [2.05, 4.69) is 35.3 Å². The number of rotatable bonds is 5.